The largest absolute Gasteiger partial charge is 0.508 e. The first-order chi connectivity index (χ1) is 10.6. The van der Waals surface area contributed by atoms with Gasteiger partial charge in [-0.2, -0.15) is 0 Å². The van der Waals surface area contributed by atoms with E-state index >= 15 is 0 Å². The van der Waals surface area contributed by atoms with Crippen molar-refractivity contribution in [1.82, 2.24) is 0 Å². The highest BCUT2D eigenvalue weighted by Gasteiger charge is 2.23. The summed E-state index contributed by atoms with van der Waals surface area (Å²) in [6.07, 6.45) is 1.66. The van der Waals surface area contributed by atoms with E-state index in [0.29, 0.717) is 28.2 Å². The zero-order valence-electron chi connectivity index (χ0n) is 11.9. The highest BCUT2D eigenvalue weighted by Crippen LogP contribution is 2.32. The number of Topliss-reactive ketones (excluding diaryl/α,β-unsaturated/α-hetero) is 1. The average molecular weight is 298 g/mol. The van der Waals surface area contributed by atoms with Gasteiger partial charge < -0.3 is 19.7 Å². The van der Waals surface area contributed by atoms with Crippen LogP contribution in [0.4, 0.5) is 0 Å². The molecule has 0 amide bonds. The molecule has 5 heteroatoms. The topological polar surface area (TPSA) is 76.0 Å². The van der Waals surface area contributed by atoms with Gasteiger partial charge in [-0.25, -0.2) is 0 Å². The van der Waals surface area contributed by atoms with Crippen molar-refractivity contribution < 1.29 is 24.5 Å². The predicted octanol–water partition coefficient (Wildman–Crippen LogP) is 2.77. The summed E-state index contributed by atoms with van der Waals surface area (Å²) < 4.78 is 10.5. The van der Waals surface area contributed by atoms with Crippen molar-refractivity contribution in [3.8, 4) is 23.0 Å². The standard InChI is InChI=1S/C17H14O5/c1-21-15-5-2-10(7-14(15)19)6-11-9-22-16-8-12(18)3-4-13(16)17(11)20/h2-8,18-19H,9H2,1H3. The summed E-state index contributed by atoms with van der Waals surface area (Å²) in [6.45, 7) is 0.113. The van der Waals surface area contributed by atoms with E-state index in [9.17, 15) is 15.0 Å². The third kappa shape index (κ3) is 2.48. The van der Waals surface area contributed by atoms with Crippen LogP contribution in [0.15, 0.2) is 42.0 Å². The first-order valence-corrected chi connectivity index (χ1v) is 6.66. The first kappa shape index (κ1) is 14.0. The lowest BCUT2D eigenvalue weighted by Crippen LogP contribution is -2.18. The van der Waals surface area contributed by atoms with E-state index in [4.69, 9.17) is 9.47 Å². The summed E-state index contributed by atoms with van der Waals surface area (Å²) in [4.78, 5) is 12.4. The number of phenols is 2. The number of aromatic hydroxyl groups is 2. The molecular formula is C17H14O5. The van der Waals surface area contributed by atoms with E-state index in [1.807, 2.05) is 0 Å². The molecule has 3 rings (SSSR count). The zero-order chi connectivity index (χ0) is 15.7. The summed E-state index contributed by atoms with van der Waals surface area (Å²) in [5.74, 6) is 0.649. The van der Waals surface area contributed by atoms with E-state index in [0.717, 1.165) is 0 Å². The predicted molar refractivity (Wildman–Crippen MR) is 80.6 cm³/mol. The Morgan fingerprint density at radius 1 is 1.18 bits per heavy atom. The van der Waals surface area contributed by atoms with Gasteiger partial charge in [-0.1, -0.05) is 6.07 Å². The quantitative estimate of drug-likeness (QED) is 0.834. The lowest BCUT2D eigenvalue weighted by Gasteiger charge is -2.19. The molecular weight excluding hydrogens is 284 g/mol. The molecule has 2 aromatic carbocycles. The molecule has 112 valence electrons. The van der Waals surface area contributed by atoms with Gasteiger partial charge in [0.25, 0.3) is 0 Å². The van der Waals surface area contributed by atoms with Crippen LogP contribution in [0.5, 0.6) is 23.0 Å². The van der Waals surface area contributed by atoms with Crippen LogP contribution in [-0.2, 0) is 0 Å². The Hall–Kier alpha value is -2.95. The van der Waals surface area contributed by atoms with Crippen LogP contribution < -0.4 is 9.47 Å². The summed E-state index contributed by atoms with van der Waals surface area (Å²) in [5.41, 5.74) is 1.56. The maximum atomic E-state index is 12.4. The normalized spacial score (nSPS) is 15.3. The van der Waals surface area contributed by atoms with E-state index in [-0.39, 0.29) is 23.9 Å². The average Bonchev–Trinajstić information content (AvgIpc) is 2.50. The van der Waals surface area contributed by atoms with Crippen LogP contribution in [-0.4, -0.2) is 29.7 Å². The number of ether oxygens (including phenoxy) is 2. The highest BCUT2D eigenvalue weighted by molar-refractivity contribution is 6.14. The maximum absolute atomic E-state index is 12.4. The Kier molecular flexibility index (Phi) is 3.47. The third-order valence-electron chi connectivity index (χ3n) is 3.43. The van der Waals surface area contributed by atoms with Crippen molar-refractivity contribution >= 4 is 11.9 Å². The number of methoxy groups -OCH3 is 1. The Balaban J connectivity index is 1.94. The fourth-order valence-corrected chi connectivity index (χ4v) is 2.32. The fourth-order valence-electron chi connectivity index (χ4n) is 2.32. The van der Waals surface area contributed by atoms with Crippen LogP contribution >= 0.6 is 0 Å². The number of benzene rings is 2. The van der Waals surface area contributed by atoms with Crippen LogP contribution in [0.2, 0.25) is 0 Å². The van der Waals surface area contributed by atoms with Crippen molar-refractivity contribution in [3.63, 3.8) is 0 Å². The van der Waals surface area contributed by atoms with Crippen LogP contribution in [0, 0.1) is 0 Å². The number of ketones is 1. The van der Waals surface area contributed by atoms with Crippen molar-refractivity contribution in [2.45, 2.75) is 0 Å². The van der Waals surface area contributed by atoms with Gasteiger partial charge in [0, 0.05) is 11.6 Å². The van der Waals surface area contributed by atoms with Gasteiger partial charge in [0.15, 0.2) is 17.3 Å². The summed E-state index contributed by atoms with van der Waals surface area (Å²) in [7, 11) is 1.47. The SMILES string of the molecule is COc1ccc(C=C2COc3cc(O)ccc3C2=O)cc1O. The molecule has 0 aromatic heterocycles. The lowest BCUT2D eigenvalue weighted by molar-refractivity contribution is 0.100. The molecule has 0 saturated carbocycles. The maximum Gasteiger partial charge on any atom is 0.196 e. The molecule has 0 unspecified atom stereocenters. The molecule has 0 spiro atoms. The third-order valence-corrected chi connectivity index (χ3v) is 3.43. The van der Waals surface area contributed by atoms with Gasteiger partial charge in [-0.15, -0.1) is 0 Å². The summed E-state index contributed by atoms with van der Waals surface area (Å²) in [5, 5.41) is 19.2. The Bertz CT molecular complexity index is 777. The second-order valence-electron chi connectivity index (χ2n) is 4.90. The van der Waals surface area contributed by atoms with Crippen LogP contribution in [0.3, 0.4) is 0 Å². The van der Waals surface area contributed by atoms with Crippen molar-refractivity contribution in [2.75, 3.05) is 13.7 Å². The smallest absolute Gasteiger partial charge is 0.196 e. The van der Waals surface area contributed by atoms with Gasteiger partial charge in [0.05, 0.1) is 12.7 Å². The Morgan fingerprint density at radius 2 is 2.00 bits per heavy atom. The number of rotatable bonds is 2. The van der Waals surface area contributed by atoms with Gasteiger partial charge in [-0.3, -0.25) is 4.79 Å². The molecule has 2 N–H and O–H groups in total. The lowest BCUT2D eigenvalue weighted by atomic mass is 9.98. The van der Waals surface area contributed by atoms with Crippen LogP contribution in [0.25, 0.3) is 6.08 Å². The van der Waals surface area contributed by atoms with Gasteiger partial charge in [0.2, 0.25) is 0 Å². The van der Waals surface area contributed by atoms with Crippen molar-refractivity contribution in [1.29, 1.82) is 0 Å². The molecule has 5 nitrogen and oxygen atoms in total. The second-order valence-corrected chi connectivity index (χ2v) is 4.90. The zero-order valence-corrected chi connectivity index (χ0v) is 11.9. The number of hydrogen-bond donors (Lipinski definition) is 2. The van der Waals surface area contributed by atoms with Crippen molar-refractivity contribution in [3.05, 3.63) is 53.1 Å². The number of phenolic OH excluding ortho intramolecular Hbond substituents is 2. The number of carbonyl (C=O) groups is 1. The fraction of sp³-hybridized carbons (Fsp3) is 0.118. The minimum absolute atomic E-state index is 0.00588. The Labute approximate surface area is 127 Å². The molecule has 0 bridgehead atoms. The number of carbonyl (C=O) groups excluding carboxylic acids is 1. The first-order valence-electron chi connectivity index (χ1n) is 6.66. The minimum atomic E-state index is -0.156. The molecule has 2 aromatic rings. The number of hydrogen-bond acceptors (Lipinski definition) is 5. The molecule has 0 radical (unpaired) electrons. The summed E-state index contributed by atoms with van der Waals surface area (Å²) in [6, 6.07) is 9.29. The van der Waals surface area contributed by atoms with E-state index in [1.54, 1.807) is 18.2 Å². The monoisotopic (exact) mass is 298 g/mol. The molecule has 0 atom stereocenters. The highest BCUT2D eigenvalue weighted by atomic mass is 16.5. The van der Waals surface area contributed by atoms with Crippen LogP contribution in [0.1, 0.15) is 15.9 Å². The second kappa shape index (κ2) is 5.44. The van der Waals surface area contributed by atoms with Gasteiger partial charge >= 0.3 is 0 Å². The van der Waals surface area contributed by atoms with E-state index in [1.165, 1.54) is 31.4 Å². The Morgan fingerprint density at radius 3 is 2.73 bits per heavy atom. The molecule has 1 heterocycles. The van der Waals surface area contributed by atoms with E-state index < -0.39 is 0 Å². The molecule has 1 aliphatic heterocycles. The van der Waals surface area contributed by atoms with Gasteiger partial charge in [-0.05, 0) is 35.9 Å². The molecule has 1 aliphatic rings. The van der Waals surface area contributed by atoms with E-state index in [2.05, 4.69) is 0 Å². The molecule has 22 heavy (non-hydrogen) atoms. The summed E-state index contributed by atoms with van der Waals surface area (Å²) >= 11 is 0. The minimum Gasteiger partial charge on any atom is -0.508 e. The molecule has 0 saturated heterocycles. The van der Waals surface area contributed by atoms with Crippen molar-refractivity contribution in [2.24, 2.45) is 0 Å². The number of fused-ring (bicyclic) bond motifs is 1. The molecule has 0 aliphatic carbocycles. The molecule has 0 fully saturated rings. The van der Waals surface area contributed by atoms with Gasteiger partial charge in [0.1, 0.15) is 18.1 Å².